The minimum Gasteiger partial charge on any atom is -0.332 e. The minimum absolute atomic E-state index is 0.00531. The summed E-state index contributed by atoms with van der Waals surface area (Å²) >= 11 is 0. The van der Waals surface area contributed by atoms with Gasteiger partial charge in [-0.05, 0) is 56.2 Å². The summed E-state index contributed by atoms with van der Waals surface area (Å²) in [4.78, 5) is 38.3. The van der Waals surface area contributed by atoms with E-state index in [-0.39, 0.29) is 29.7 Å². The Labute approximate surface area is 187 Å². The highest BCUT2D eigenvalue weighted by atomic mass is 19.1. The van der Waals surface area contributed by atoms with E-state index >= 15 is 0 Å². The maximum absolute atomic E-state index is 13.2. The van der Waals surface area contributed by atoms with Crippen molar-refractivity contribution < 1.29 is 9.18 Å². The summed E-state index contributed by atoms with van der Waals surface area (Å²) in [7, 11) is 0. The molecule has 1 amide bonds. The zero-order chi connectivity index (χ0) is 22.1. The van der Waals surface area contributed by atoms with E-state index in [0.717, 1.165) is 55.6 Å². The maximum Gasteiger partial charge on any atom is 0.254 e. The number of carbonyl (C=O) groups is 1. The molecule has 1 atom stereocenters. The van der Waals surface area contributed by atoms with Gasteiger partial charge in [0.1, 0.15) is 11.6 Å². The van der Waals surface area contributed by atoms with Crippen molar-refractivity contribution in [1.29, 1.82) is 0 Å². The van der Waals surface area contributed by atoms with Crippen LogP contribution < -0.4 is 5.56 Å². The number of piperidine rings is 1. The quantitative estimate of drug-likeness (QED) is 0.793. The molecule has 6 nitrogen and oxygen atoms in total. The molecular formula is C25H31FN4O2. The summed E-state index contributed by atoms with van der Waals surface area (Å²) in [5.74, 6) is 0.308. The first-order valence-corrected chi connectivity index (χ1v) is 12.0. The van der Waals surface area contributed by atoms with Crippen LogP contribution in [0.3, 0.4) is 0 Å². The monoisotopic (exact) mass is 438 g/mol. The van der Waals surface area contributed by atoms with Crippen molar-refractivity contribution in [2.24, 2.45) is 0 Å². The van der Waals surface area contributed by atoms with Crippen molar-refractivity contribution in [3.05, 3.63) is 63.1 Å². The van der Waals surface area contributed by atoms with Crippen LogP contribution in [0.1, 0.15) is 73.6 Å². The molecular weight excluding hydrogens is 407 g/mol. The van der Waals surface area contributed by atoms with E-state index in [4.69, 9.17) is 4.98 Å². The number of amides is 1. The third kappa shape index (κ3) is 4.35. The van der Waals surface area contributed by atoms with Gasteiger partial charge >= 0.3 is 0 Å². The van der Waals surface area contributed by atoms with Gasteiger partial charge in [-0.25, -0.2) is 9.37 Å². The Morgan fingerprint density at radius 1 is 1.06 bits per heavy atom. The van der Waals surface area contributed by atoms with Crippen LogP contribution in [-0.4, -0.2) is 44.8 Å². The number of hydrogen-bond donors (Lipinski definition) is 1. The zero-order valence-electron chi connectivity index (χ0n) is 18.5. The minimum atomic E-state index is -0.306. The van der Waals surface area contributed by atoms with E-state index in [0.29, 0.717) is 18.4 Å². The molecule has 0 spiro atoms. The van der Waals surface area contributed by atoms with Crippen LogP contribution in [0.2, 0.25) is 0 Å². The van der Waals surface area contributed by atoms with Gasteiger partial charge in [0.05, 0.1) is 18.2 Å². The topological polar surface area (TPSA) is 69.3 Å². The molecule has 0 unspecified atom stereocenters. The first kappa shape index (κ1) is 21.3. The lowest BCUT2D eigenvalue weighted by Crippen LogP contribution is -2.43. The molecule has 1 N–H and O–H groups in total. The van der Waals surface area contributed by atoms with Crippen molar-refractivity contribution in [2.75, 3.05) is 13.1 Å². The molecule has 32 heavy (non-hydrogen) atoms. The lowest BCUT2D eigenvalue weighted by molar-refractivity contribution is -0.134. The second-order valence-corrected chi connectivity index (χ2v) is 9.44. The SMILES string of the molecule is O=C(Cc1ccc(F)cc1)N1CCCC[C@@H]1c1nc2c(c(=O)[nH]1)CCN(C1CCCC1)C2. The zero-order valence-corrected chi connectivity index (χ0v) is 18.5. The molecule has 3 aliphatic rings. The highest BCUT2D eigenvalue weighted by Gasteiger charge is 2.32. The predicted molar refractivity (Wildman–Crippen MR) is 120 cm³/mol. The molecule has 5 rings (SSSR count). The number of halogens is 1. The number of aromatic amines is 1. The fraction of sp³-hybridized carbons (Fsp3) is 0.560. The molecule has 2 fully saturated rings. The van der Waals surface area contributed by atoms with E-state index in [2.05, 4.69) is 9.88 Å². The summed E-state index contributed by atoms with van der Waals surface area (Å²) < 4.78 is 13.2. The average Bonchev–Trinajstić information content (AvgIpc) is 3.35. The summed E-state index contributed by atoms with van der Waals surface area (Å²) in [6.45, 7) is 2.31. The lowest BCUT2D eigenvalue weighted by atomic mass is 9.98. The second-order valence-electron chi connectivity index (χ2n) is 9.44. The summed E-state index contributed by atoms with van der Waals surface area (Å²) in [6, 6.07) is 6.47. The molecule has 0 radical (unpaired) electrons. The van der Waals surface area contributed by atoms with E-state index < -0.39 is 0 Å². The van der Waals surface area contributed by atoms with Crippen molar-refractivity contribution in [3.63, 3.8) is 0 Å². The fourth-order valence-corrected chi connectivity index (χ4v) is 5.61. The molecule has 2 aliphatic heterocycles. The van der Waals surface area contributed by atoms with Crippen molar-refractivity contribution in [3.8, 4) is 0 Å². The third-order valence-electron chi connectivity index (χ3n) is 7.37. The fourth-order valence-electron chi connectivity index (χ4n) is 5.61. The largest absolute Gasteiger partial charge is 0.332 e. The number of fused-ring (bicyclic) bond motifs is 1. The standard InChI is InChI=1S/C25H31FN4O2/c26-18-10-8-17(9-11-18)15-23(31)30-13-4-3-7-22(30)24-27-21-16-29(19-5-1-2-6-19)14-12-20(21)25(32)28-24/h8-11,19,22H,1-7,12-16H2,(H,27,28,32)/t22-/m1/s1. The van der Waals surface area contributed by atoms with E-state index in [1.165, 1.54) is 37.8 Å². The summed E-state index contributed by atoms with van der Waals surface area (Å²) in [5, 5.41) is 0. The summed E-state index contributed by atoms with van der Waals surface area (Å²) in [5.41, 5.74) is 2.44. The van der Waals surface area contributed by atoms with Crippen LogP contribution in [0.15, 0.2) is 29.1 Å². The number of benzene rings is 1. The average molecular weight is 439 g/mol. The van der Waals surface area contributed by atoms with Crippen molar-refractivity contribution >= 4 is 5.91 Å². The van der Waals surface area contributed by atoms with Gasteiger partial charge in [-0.3, -0.25) is 14.5 Å². The van der Waals surface area contributed by atoms with Gasteiger partial charge in [0.2, 0.25) is 5.91 Å². The number of H-pyrrole nitrogens is 1. The second kappa shape index (κ2) is 9.14. The third-order valence-corrected chi connectivity index (χ3v) is 7.37. The molecule has 2 aromatic rings. The first-order chi connectivity index (χ1) is 15.6. The molecule has 0 bridgehead atoms. The number of carbonyl (C=O) groups excluding carboxylic acids is 1. The van der Waals surface area contributed by atoms with Gasteiger partial charge in [0.15, 0.2) is 0 Å². The Hall–Kier alpha value is -2.54. The van der Waals surface area contributed by atoms with E-state index in [1.54, 1.807) is 12.1 Å². The number of aromatic nitrogens is 2. The summed E-state index contributed by atoms with van der Waals surface area (Å²) in [6.07, 6.45) is 8.75. The van der Waals surface area contributed by atoms with Gasteiger partial charge in [0, 0.05) is 31.2 Å². The molecule has 1 aromatic carbocycles. The van der Waals surface area contributed by atoms with Crippen LogP contribution in [0.4, 0.5) is 4.39 Å². The van der Waals surface area contributed by atoms with E-state index in [9.17, 15) is 14.0 Å². The molecule has 3 heterocycles. The van der Waals surface area contributed by atoms with Gasteiger partial charge in [-0.1, -0.05) is 25.0 Å². The molecule has 7 heteroatoms. The van der Waals surface area contributed by atoms with Crippen LogP contribution in [-0.2, 0) is 24.2 Å². The van der Waals surface area contributed by atoms with Crippen molar-refractivity contribution in [1.82, 2.24) is 19.8 Å². The normalized spacial score (nSPS) is 22.2. The maximum atomic E-state index is 13.2. The number of nitrogens with zero attached hydrogens (tertiary/aromatic N) is 3. The Morgan fingerprint density at radius 3 is 2.59 bits per heavy atom. The lowest BCUT2D eigenvalue weighted by Gasteiger charge is -2.36. The predicted octanol–water partition coefficient (Wildman–Crippen LogP) is 3.51. The van der Waals surface area contributed by atoms with Crippen LogP contribution in [0, 0.1) is 5.82 Å². The molecule has 1 aromatic heterocycles. The number of likely N-dealkylation sites (tertiary alicyclic amines) is 1. The first-order valence-electron chi connectivity index (χ1n) is 12.0. The van der Waals surface area contributed by atoms with Crippen LogP contribution >= 0.6 is 0 Å². The highest BCUT2D eigenvalue weighted by molar-refractivity contribution is 5.79. The van der Waals surface area contributed by atoms with Crippen LogP contribution in [0.5, 0.6) is 0 Å². The van der Waals surface area contributed by atoms with Crippen molar-refractivity contribution in [2.45, 2.75) is 76.4 Å². The van der Waals surface area contributed by atoms with E-state index in [1.807, 2.05) is 4.90 Å². The molecule has 170 valence electrons. The van der Waals surface area contributed by atoms with Gasteiger partial charge < -0.3 is 9.88 Å². The van der Waals surface area contributed by atoms with Gasteiger partial charge in [0.25, 0.3) is 5.56 Å². The number of rotatable bonds is 4. The number of nitrogens with one attached hydrogen (secondary N) is 1. The Bertz CT molecular complexity index is 1030. The Morgan fingerprint density at radius 2 is 1.81 bits per heavy atom. The van der Waals surface area contributed by atoms with Gasteiger partial charge in [-0.2, -0.15) is 0 Å². The number of hydrogen-bond acceptors (Lipinski definition) is 4. The van der Waals surface area contributed by atoms with Crippen LogP contribution in [0.25, 0.3) is 0 Å². The molecule has 1 aliphatic carbocycles. The Balaban J connectivity index is 1.38. The molecule has 1 saturated heterocycles. The molecule has 1 saturated carbocycles. The highest BCUT2D eigenvalue weighted by Crippen LogP contribution is 2.31. The Kier molecular flexibility index (Phi) is 6.09. The van der Waals surface area contributed by atoms with Gasteiger partial charge in [-0.15, -0.1) is 0 Å². The smallest absolute Gasteiger partial charge is 0.254 e.